The molecule has 0 spiro atoms. The molecule has 3 amide bonds. The average Bonchev–Trinajstić information content (AvgIpc) is 3.37. The molecule has 0 saturated carbocycles. The van der Waals surface area contributed by atoms with Gasteiger partial charge in [0.25, 0.3) is 0 Å². The van der Waals surface area contributed by atoms with Gasteiger partial charge in [-0.1, -0.05) is 27.2 Å². The van der Waals surface area contributed by atoms with Crippen LogP contribution in [0.1, 0.15) is 67.2 Å². The van der Waals surface area contributed by atoms with Gasteiger partial charge >= 0.3 is 38.1 Å². The quantitative estimate of drug-likeness (QED) is 0.157. The van der Waals surface area contributed by atoms with Crippen molar-refractivity contribution in [1.82, 2.24) is 15.5 Å². The zero-order valence-corrected chi connectivity index (χ0v) is 26.4. The smallest absolute Gasteiger partial charge is 0.444 e. The van der Waals surface area contributed by atoms with Gasteiger partial charge in [0.05, 0.1) is 0 Å². The fourth-order valence-corrected chi connectivity index (χ4v) is 5.97. The van der Waals surface area contributed by atoms with Crippen molar-refractivity contribution < 1.29 is 72.2 Å². The Morgan fingerprint density at radius 2 is 1.51 bits per heavy atom. The third-order valence-electron chi connectivity index (χ3n) is 6.29. The number of rotatable bonds is 15. The fourth-order valence-electron chi connectivity index (χ4n) is 3.98. The maximum atomic E-state index is 13.6. The van der Waals surface area contributed by atoms with Crippen LogP contribution in [0.2, 0.25) is 0 Å². The van der Waals surface area contributed by atoms with E-state index in [-0.39, 0.29) is 25.8 Å². The van der Waals surface area contributed by atoms with E-state index in [1.807, 2.05) is 5.32 Å². The van der Waals surface area contributed by atoms with Crippen molar-refractivity contribution in [2.45, 2.75) is 115 Å². The Labute approximate surface area is 254 Å². The van der Waals surface area contributed by atoms with Crippen LogP contribution in [0.25, 0.3) is 0 Å². The minimum atomic E-state index is -6.24. The van der Waals surface area contributed by atoms with Gasteiger partial charge in [0.15, 0.2) is 0 Å². The molecule has 264 valence electrons. The van der Waals surface area contributed by atoms with Crippen molar-refractivity contribution in [1.29, 1.82) is 0 Å². The number of carbonyl (C=O) groups is 3. The van der Waals surface area contributed by atoms with Gasteiger partial charge in [0.1, 0.15) is 36.7 Å². The van der Waals surface area contributed by atoms with Crippen LogP contribution in [0.3, 0.4) is 0 Å². The SMILES string of the molecule is CCCC(NC(=O)[C@@H]1CCCN1C(=O)[C@@H](NC(=O)OC(C)(C)C)C(C)C)P(=O)(OCC(F)(F)C(F)F)OCC(F)(F)C(F)(F)F. The Balaban J connectivity index is 3.33. The Hall–Kier alpha value is -2.27. The zero-order chi connectivity index (χ0) is 35.2. The van der Waals surface area contributed by atoms with Crippen LogP contribution in [-0.2, 0) is 27.9 Å². The average molecular weight is 696 g/mol. The summed E-state index contributed by atoms with van der Waals surface area (Å²) >= 11 is 0. The molecule has 0 aromatic carbocycles. The number of ether oxygens (including phenoxy) is 1. The van der Waals surface area contributed by atoms with Gasteiger partial charge in [0, 0.05) is 6.54 Å². The first-order valence-corrected chi connectivity index (χ1v) is 15.5. The van der Waals surface area contributed by atoms with Gasteiger partial charge in [-0.05, 0) is 46.0 Å². The van der Waals surface area contributed by atoms with Gasteiger partial charge in [0.2, 0.25) is 11.8 Å². The Bertz CT molecular complexity index is 1070. The van der Waals surface area contributed by atoms with Crippen molar-refractivity contribution >= 4 is 25.5 Å². The molecule has 1 saturated heterocycles. The summed E-state index contributed by atoms with van der Waals surface area (Å²) in [6, 6.07) is -2.58. The second-order valence-corrected chi connectivity index (χ2v) is 13.9. The summed E-state index contributed by atoms with van der Waals surface area (Å²) in [7, 11) is -5.66. The summed E-state index contributed by atoms with van der Waals surface area (Å²) in [6.45, 7) is 4.13. The molecular formula is C25H39F9N3O7P. The first-order chi connectivity index (χ1) is 20.3. The van der Waals surface area contributed by atoms with Crippen LogP contribution in [0.5, 0.6) is 0 Å². The number of nitrogens with one attached hydrogen (secondary N) is 2. The van der Waals surface area contributed by atoms with Gasteiger partial charge in [-0.15, -0.1) is 0 Å². The Kier molecular flexibility index (Phi) is 14.1. The van der Waals surface area contributed by atoms with E-state index in [0.717, 1.165) is 4.90 Å². The second kappa shape index (κ2) is 15.5. The molecule has 0 aromatic heterocycles. The molecule has 1 fully saturated rings. The summed E-state index contributed by atoms with van der Waals surface area (Å²) in [6.07, 6.45) is -12.1. The van der Waals surface area contributed by atoms with E-state index in [2.05, 4.69) is 14.4 Å². The minimum absolute atomic E-state index is 0.0301. The monoisotopic (exact) mass is 695 g/mol. The number of amides is 3. The predicted molar refractivity (Wildman–Crippen MR) is 141 cm³/mol. The molecule has 1 heterocycles. The van der Waals surface area contributed by atoms with E-state index in [1.165, 1.54) is 6.92 Å². The van der Waals surface area contributed by atoms with Gasteiger partial charge < -0.3 is 29.3 Å². The molecule has 0 aliphatic carbocycles. The topological polar surface area (TPSA) is 123 Å². The van der Waals surface area contributed by atoms with E-state index in [9.17, 15) is 58.5 Å². The molecule has 0 radical (unpaired) electrons. The third kappa shape index (κ3) is 11.8. The number of likely N-dealkylation sites (tertiary alicyclic amines) is 1. The van der Waals surface area contributed by atoms with Crippen molar-refractivity contribution in [3.8, 4) is 0 Å². The molecule has 0 bridgehead atoms. The highest BCUT2D eigenvalue weighted by atomic mass is 31.2. The lowest BCUT2D eigenvalue weighted by Gasteiger charge is -2.33. The number of nitrogens with zero attached hydrogens (tertiary/aromatic N) is 1. The van der Waals surface area contributed by atoms with E-state index >= 15 is 0 Å². The molecule has 1 rings (SSSR count). The minimum Gasteiger partial charge on any atom is -0.444 e. The Morgan fingerprint density at radius 1 is 0.956 bits per heavy atom. The summed E-state index contributed by atoms with van der Waals surface area (Å²) in [4.78, 5) is 40.1. The number of alkyl halides is 9. The number of alkyl carbamates (subject to hydrolysis) is 1. The first-order valence-electron chi connectivity index (χ1n) is 13.9. The zero-order valence-electron chi connectivity index (χ0n) is 25.5. The van der Waals surface area contributed by atoms with E-state index in [0.29, 0.717) is 0 Å². The standard InChI is InChI=1S/C25H39F9N3O7P/c1-7-9-16(45(41,42-12-23(28,29)20(26)27)43-13-24(30,31)25(32,33)34)35-18(38)15-10-8-11-37(15)19(39)17(14(2)3)36-21(40)44-22(4,5)6/h14-17,20H,7-13H2,1-6H3,(H,35,38)(H,36,40)/t15-,16?,17-,45?/m0/s1. The molecule has 1 aliphatic rings. The number of hydrogen-bond acceptors (Lipinski definition) is 7. The Morgan fingerprint density at radius 3 is 1.98 bits per heavy atom. The van der Waals surface area contributed by atoms with Crippen molar-refractivity contribution in [3.05, 3.63) is 0 Å². The molecule has 20 heteroatoms. The van der Waals surface area contributed by atoms with E-state index in [1.54, 1.807) is 34.6 Å². The van der Waals surface area contributed by atoms with Crippen molar-refractivity contribution in [3.63, 3.8) is 0 Å². The van der Waals surface area contributed by atoms with Crippen LogP contribution >= 0.6 is 7.60 Å². The molecular weight excluding hydrogens is 656 g/mol. The summed E-state index contributed by atoms with van der Waals surface area (Å²) in [5, 5.41) is 4.46. The number of carbonyl (C=O) groups excluding carboxylic acids is 3. The largest absolute Gasteiger partial charge is 0.455 e. The lowest BCUT2D eigenvalue weighted by atomic mass is 10.0. The number of halogens is 9. The summed E-state index contributed by atoms with van der Waals surface area (Å²) in [5.74, 6) is -15.3. The fraction of sp³-hybridized carbons (Fsp3) is 0.880. The van der Waals surface area contributed by atoms with E-state index in [4.69, 9.17) is 4.74 Å². The molecule has 45 heavy (non-hydrogen) atoms. The van der Waals surface area contributed by atoms with Gasteiger partial charge in [-0.3, -0.25) is 14.2 Å². The maximum Gasteiger partial charge on any atom is 0.455 e. The second-order valence-electron chi connectivity index (χ2n) is 11.7. The van der Waals surface area contributed by atoms with E-state index < -0.39 is 99.0 Å². The maximum absolute atomic E-state index is 13.6. The summed E-state index contributed by atoms with van der Waals surface area (Å²) < 4.78 is 145. The molecule has 4 atom stereocenters. The molecule has 2 unspecified atom stereocenters. The predicted octanol–water partition coefficient (Wildman–Crippen LogP) is 6.09. The highest BCUT2D eigenvalue weighted by molar-refractivity contribution is 7.54. The van der Waals surface area contributed by atoms with Crippen LogP contribution in [0.15, 0.2) is 0 Å². The van der Waals surface area contributed by atoms with Gasteiger partial charge in [-0.2, -0.15) is 30.7 Å². The molecule has 2 N–H and O–H groups in total. The van der Waals surface area contributed by atoms with Crippen LogP contribution in [-0.4, -0.2) is 90.5 Å². The highest BCUT2D eigenvalue weighted by Crippen LogP contribution is 2.56. The van der Waals surface area contributed by atoms with Crippen molar-refractivity contribution in [2.75, 3.05) is 19.8 Å². The van der Waals surface area contributed by atoms with Crippen LogP contribution in [0.4, 0.5) is 44.3 Å². The molecule has 1 aliphatic heterocycles. The van der Waals surface area contributed by atoms with Crippen LogP contribution in [0, 0.1) is 5.92 Å². The normalized spacial score (nSPS) is 19.3. The lowest BCUT2D eigenvalue weighted by molar-refractivity contribution is -0.290. The number of hydrogen-bond donors (Lipinski definition) is 2. The van der Waals surface area contributed by atoms with Crippen molar-refractivity contribution in [2.24, 2.45) is 5.92 Å². The molecule has 10 nitrogen and oxygen atoms in total. The first kappa shape index (κ1) is 40.8. The third-order valence-corrected chi connectivity index (χ3v) is 8.42. The summed E-state index contributed by atoms with van der Waals surface area (Å²) in [5.41, 5.74) is -0.916. The molecule has 0 aromatic rings. The van der Waals surface area contributed by atoms with Crippen LogP contribution < -0.4 is 10.6 Å². The highest BCUT2D eigenvalue weighted by Gasteiger charge is 2.59. The van der Waals surface area contributed by atoms with Gasteiger partial charge in [-0.25, -0.2) is 13.6 Å². The lowest BCUT2D eigenvalue weighted by Crippen LogP contribution is -2.56.